The van der Waals surface area contributed by atoms with Gasteiger partial charge in [-0.05, 0) is 57.5 Å². The molecule has 0 amide bonds. The summed E-state index contributed by atoms with van der Waals surface area (Å²) in [6, 6.07) is 13.5. The van der Waals surface area contributed by atoms with Crippen molar-refractivity contribution in [3.05, 3.63) is 59.3 Å². The standard InChI is InChI=1S/C23H25N3O3/c1-5-28-19-12-11-16(13-20(19)29-6-2)22-21(15(4)27)14(3)24-23-25-17-9-7-8-10-18(17)26(22)23/h7-13,22H,5-6H2,1-4H3,(H,24,25). The van der Waals surface area contributed by atoms with Crippen LogP contribution in [0.1, 0.15) is 39.3 Å². The number of imidazole rings is 1. The van der Waals surface area contributed by atoms with Crippen molar-refractivity contribution in [1.29, 1.82) is 0 Å². The maximum Gasteiger partial charge on any atom is 0.209 e. The largest absolute Gasteiger partial charge is 0.490 e. The number of benzene rings is 2. The van der Waals surface area contributed by atoms with E-state index in [1.807, 2.05) is 63.2 Å². The van der Waals surface area contributed by atoms with Gasteiger partial charge in [-0.1, -0.05) is 18.2 Å². The molecule has 2 heterocycles. The van der Waals surface area contributed by atoms with Crippen molar-refractivity contribution in [1.82, 2.24) is 9.55 Å². The normalized spacial score (nSPS) is 15.8. The first kappa shape index (κ1) is 19.1. The SMILES string of the molecule is CCOc1ccc(C2C(C(C)=O)=C(C)Nc3nc4ccccc4n32)cc1OCC. The number of para-hydroxylation sites is 2. The second-order valence-corrected chi connectivity index (χ2v) is 6.99. The van der Waals surface area contributed by atoms with Crippen LogP contribution >= 0.6 is 0 Å². The first-order valence-electron chi connectivity index (χ1n) is 9.90. The van der Waals surface area contributed by atoms with Gasteiger partial charge < -0.3 is 14.8 Å². The number of fused-ring (bicyclic) bond motifs is 3. The fourth-order valence-corrected chi connectivity index (χ4v) is 3.97. The number of anilines is 1. The van der Waals surface area contributed by atoms with E-state index in [1.54, 1.807) is 6.92 Å². The maximum atomic E-state index is 12.7. The molecule has 0 fully saturated rings. The van der Waals surface area contributed by atoms with E-state index in [2.05, 4.69) is 9.88 Å². The van der Waals surface area contributed by atoms with Crippen LogP contribution in [0.3, 0.4) is 0 Å². The van der Waals surface area contributed by atoms with Crippen molar-refractivity contribution in [2.24, 2.45) is 0 Å². The van der Waals surface area contributed by atoms with Crippen LogP contribution in [0.4, 0.5) is 5.95 Å². The van der Waals surface area contributed by atoms with Crippen molar-refractivity contribution >= 4 is 22.8 Å². The van der Waals surface area contributed by atoms with Crippen LogP contribution in [-0.4, -0.2) is 28.5 Å². The van der Waals surface area contributed by atoms with Gasteiger partial charge in [0.15, 0.2) is 17.3 Å². The smallest absolute Gasteiger partial charge is 0.209 e. The van der Waals surface area contributed by atoms with Crippen molar-refractivity contribution in [3.8, 4) is 11.5 Å². The van der Waals surface area contributed by atoms with Gasteiger partial charge in [0.2, 0.25) is 5.95 Å². The number of ketones is 1. The number of aromatic nitrogens is 2. The van der Waals surface area contributed by atoms with E-state index in [9.17, 15) is 4.79 Å². The molecule has 29 heavy (non-hydrogen) atoms. The van der Waals surface area contributed by atoms with Crippen LogP contribution < -0.4 is 14.8 Å². The Labute approximate surface area is 170 Å². The molecule has 1 aromatic heterocycles. The highest BCUT2D eigenvalue weighted by Gasteiger charge is 2.32. The zero-order valence-electron chi connectivity index (χ0n) is 17.2. The quantitative estimate of drug-likeness (QED) is 0.659. The van der Waals surface area contributed by atoms with Gasteiger partial charge in [0.1, 0.15) is 0 Å². The first-order valence-corrected chi connectivity index (χ1v) is 9.90. The molecule has 0 saturated heterocycles. The predicted molar refractivity (Wildman–Crippen MR) is 114 cm³/mol. The van der Waals surface area contributed by atoms with Gasteiger partial charge in [0, 0.05) is 11.3 Å². The fourth-order valence-electron chi connectivity index (χ4n) is 3.97. The van der Waals surface area contributed by atoms with Gasteiger partial charge in [-0.3, -0.25) is 9.36 Å². The van der Waals surface area contributed by atoms with Crippen LogP contribution in [0.15, 0.2) is 53.7 Å². The highest BCUT2D eigenvalue weighted by Crippen LogP contribution is 2.41. The lowest BCUT2D eigenvalue weighted by atomic mass is 9.92. The molecule has 4 rings (SSSR count). The van der Waals surface area contributed by atoms with Gasteiger partial charge in [-0.25, -0.2) is 4.98 Å². The van der Waals surface area contributed by atoms with Crippen molar-refractivity contribution in [2.45, 2.75) is 33.7 Å². The number of carbonyl (C=O) groups is 1. The van der Waals surface area contributed by atoms with Crippen LogP contribution in [0, 0.1) is 0 Å². The number of allylic oxidation sites excluding steroid dienone is 2. The Morgan fingerprint density at radius 1 is 1.10 bits per heavy atom. The van der Waals surface area contributed by atoms with E-state index < -0.39 is 0 Å². The molecule has 0 spiro atoms. The third-order valence-electron chi connectivity index (χ3n) is 5.09. The number of nitrogens with zero attached hydrogens (tertiary/aromatic N) is 2. The molecule has 150 valence electrons. The average molecular weight is 391 g/mol. The molecule has 2 aromatic carbocycles. The molecule has 1 aliphatic rings. The summed E-state index contributed by atoms with van der Waals surface area (Å²) in [6.45, 7) is 8.50. The molecule has 3 aromatic rings. The molecule has 1 N–H and O–H groups in total. The summed E-state index contributed by atoms with van der Waals surface area (Å²) in [5, 5.41) is 3.31. The number of Topliss-reactive ketones (excluding diaryl/α,β-unsaturated/α-hetero) is 1. The Balaban J connectivity index is 1.95. The molecule has 6 heteroatoms. The zero-order valence-corrected chi connectivity index (χ0v) is 17.2. The summed E-state index contributed by atoms with van der Waals surface area (Å²) in [7, 11) is 0. The van der Waals surface area contributed by atoms with Gasteiger partial charge >= 0.3 is 0 Å². The average Bonchev–Trinajstić information content (AvgIpc) is 3.06. The molecular weight excluding hydrogens is 366 g/mol. The minimum atomic E-state index is -0.300. The lowest BCUT2D eigenvalue weighted by Crippen LogP contribution is -2.27. The number of nitrogens with one attached hydrogen (secondary N) is 1. The highest BCUT2D eigenvalue weighted by molar-refractivity contribution is 5.97. The fraction of sp³-hybridized carbons (Fsp3) is 0.304. The molecule has 1 aliphatic heterocycles. The van der Waals surface area contributed by atoms with E-state index in [4.69, 9.17) is 14.5 Å². The molecule has 6 nitrogen and oxygen atoms in total. The summed E-state index contributed by atoms with van der Waals surface area (Å²) >= 11 is 0. The van der Waals surface area contributed by atoms with Crippen LogP contribution in [-0.2, 0) is 4.79 Å². The van der Waals surface area contributed by atoms with Crippen molar-refractivity contribution in [3.63, 3.8) is 0 Å². The molecular formula is C23H25N3O3. The Morgan fingerprint density at radius 2 is 1.83 bits per heavy atom. The Kier molecular flexibility index (Phi) is 5.01. The van der Waals surface area contributed by atoms with Crippen LogP contribution in [0.2, 0.25) is 0 Å². The summed E-state index contributed by atoms with van der Waals surface area (Å²) in [5.74, 6) is 2.13. The van der Waals surface area contributed by atoms with E-state index in [0.29, 0.717) is 30.3 Å². The Hall–Kier alpha value is -3.28. The third kappa shape index (κ3) is 3.24. The molecule has 1 atom stereocenters. The minimum Gasteiger partial charge on any atom is -0.490 e. The molecule has 1 unspecified atom stereocenters. The Bertz CT molecular complexity index is 1110. The number of carbonyl (C=O) groups excluding carboxylic acids is 1. The molecule has 0 bridgehead atoms. The summed E-state index contributed by atoms with van der Waals surface area (Å²) < 4.78 is 13.6. The van der Waals surface area contributed by atoms with E-state index in [0.717, 1.165) is 28.2 Å². The summed E-state index contributed by atoms with van der Waals surface area (Å²) in [6.07, 6.45) is 0. The Morgan fingerprint density at radius 3 is 2.55 bits per heavy atom. The number of hydrogen-bond acceptors (Lipinski definition) is 5. The molecule has 0 radical (unpaired) electrons. The van der Waals surface area contributed by atoms with Crippen molar-refractivity contribution < 1.29 is 14.3 Å². The number of hydrogen-bond donors (Lipinski definition) is 1. The molecule has 0 saturated carbocycles. The van der Waals surface area contributed by atoms with Gasteiger partial charge in [0.05, 0.1) is 30.3 Å². The molecule has 0 aliphatic carbocycles. The summed E-state index contributed by atoms with van der Waals surface area (Å²) in [5.41, 5.74) is 4.34. The van der Waals surface area contributed by atoms with E-state index in [-0.39, 0.29) is 11.8 Å². The zero-order chi connectivity index (χ0) is 20.5. The highest BCUT2D eigenvalue weighted by atomic mass is 16.5. The topological polar surface area (TPSA) is 65.4 Å². The van der Waals surface area contributed by atoms with Crippen molar-refractivity contribution in [2.75, 3.05) is 18.5 Å². The lowest BCUT2D eigenvalue weighted by Gasteiger charge is -2.30. The van der Waals surface area contributed by atoms with E-state index >= 15 is 0 Å². The lowest BCUT2D eigenvalue weighted by molar-refractivity contribution is -0.114. The van der Waals surface area contributed by atoms with Gasteiger partial charge in [0.25, 0.3) is 0 Å². The predicted octanol–water partition coefficient (Wildman–Crippen LogP) is 4.71. The van der Waals surface area contributed by atoms with E-state index in [1.165, 1.54) is 0 Å². The monoisotopic (exact) mass is 391 g/mol. The second-order valence-electron chi connectivity index (χ2n) is 6.99. The first-order chi connectivity index (χ1) is 14.0. The number of rotatable bonds is 6. The van der Waals surface area contributed by atoms with Gasteiger partial charge in [-0.15, -0.1) is 0 Å². The van der Waals surface area contributed by atoms with Crippen LogP contribution in [0.5, 0.6) is 11.5 Å². The number of ether oxygens (including phenoxy) is 2. The minimum absolute atomic E-state index is 0.0234. The van der Waals surface area contributed by atoms with Gasteiger partial charge in [-0.2, -0.15) is 0 Å². The second kappa shape index (κ2) is 7.62. The maximum absolute atomic E-state index is 12.7. The third-order valence-corrected chi connectivity index (χ3v) is 5.09. The summed E-state index contributed by atoms with van der Waals surface area (Å²) in [4.78, 5) is 17.4. The van der Waals surface area contributed by atoms with Crippen LogP contribution in [0.25, 0.3) is 11.0 Å².